The maximum Gasteiger partial charge on any atom is 0.246 e. The number of thiazole rings is 1. The lowest BCUT2D eigenvalue weighted by Crippen LogP contribution is -2.34. The highest BCUT2D eigenvalue weighted by Gasteiger charge is 2.27. The summed E-state index contributed by atoms with van der Waals surface area (Å²) in [5.74, 6) is 0.526. The van der Waals surface area contributed by atoms with Crippen molar-refractivity contribution in [2.75, 3.05) is 19.5 Å². The molecule has 31 heavy (non-hydrogen) atoms. The molecule has 0 saturated heterocycles. The van der Waals surface area contributed by atoms with Crippen molar-refractivity contribution in [1.82, 2.24) is 9.88 Å². The first kappa shape index (κ1) is 21.0. The predicted octanol–water partition coefficient (Wildman–Crippen LogP) is 5.43. The standard InChI is InChI=1S/C25H25N3O2S/c1-17-13-14-21(30-3)20(15-17)27-25(29)24(18-9-5-4-6-10-18)28(2)16-23-26-19-11-7-8-12-22(19)31-23/h4-15,24H,16H2,1-3H3,(H,27,29)/t24-/m1/s1. The number of methoxy groups -OCH3 is 1. The summed E-state index contributed by atoms with van der Waals surface area (Å²) in [7, 11) is 3.56. The Labute approximate surface area is 186 Å². The predicted molar refractivity (Wildman–Crippen MR) is 127 cm³/mol. The monoisotopic (exact) mass is 431 g/mol. The molecule has 0 spiro atoms. The zero-order valence-corrected chi connectivity index (χ0v) is 18.6. The first-order valence-corrected chi connectivity index (χ1v) is 10.9. The molecule has 0 aliphatic heterocycles. The van der Waals surface area contributed by atoms with Gasteiger partial charge in [-0.25, -0.2) is 4.98 Å². The van der Waals surface area contributed by atoms with E-state index in [1.54, 1.807) is 18.4 Å². The van der Waals surface area contributed by atoms with Gasteiger partial charge in [0.05, 0.1) is 29.6 Å². The molecular weight excluding hydrogens is 406 g/mol. The molecule has 1 atom stereocenters. The first-order valence-electron chi connectivity index (χ1n) is 10.1. The number of hydrogen-bond acceptors (Lipinski definition) is 5. The van der Waals surface area contributed by atoms with Crippen LogP contribution in [0.25, 0.3) is 10.2 Å². The number of fused-ring (bicyclic) bond motifs is 1. The molecule has 0 aliphatic carbocycles. The molecule has 0 fully saturated rings. The number of hydrogen-bond donors (Lipinski definition) is 1. The summed E-state index contributed by atoms with van der Waals surface area (Å²) in [6, 6.07) is 23.2. The average Bonchev–Trinajstić information content (AvgIpc) is 3.17. The lowest BCUT2D eigenvalue weighted by molar-refractivity contribution is -0.121. The number of rotatable bonds is 7. The second-order valence-corrected chi connectivity index (χ2v) is 8.61. The largest absolute Gasteiger partial charge is 0.495 e. The zero-order chi connectivity index (χ0) is 21.8. The van der Waals surface area contributed by atoms with Crippen molar-refractivity contribution in [3.63, 3.8) is 0 Å². The number of nitrogens with zero attached hydrogens (tertiary/aromatic N) is 2. The van der Waals surface area contributed by atoms with Crippen LogP contribution in [0.5, 0.6) is 5.75 Å². The van der Waals surface area contributed by atoms with Crippen molar-refractivity contribution >= 4 is 33.1 Å². The second kappa shape index (κ2) is 9.29. The van der Waals surface area contributed by atoms with Gasteiger partial charge < -0.3 is 10.1 Å². The van der Waals surface area contributed by atoms with Crippen LogP contribution in [0.4, 0.5) is 5.69 Å². The number of carbonyl (C=O) groups excluding carboxylic acids is 1. The number of anilines is 1. The van der Waals surface area contributed by atoms with Crippen LogP contribution in [-0.4, -0.2) is 29.9 Å². The van der Waals surface area contributed by atoms with E-state index < -0.39 is 6.04 Å². The lowest BCUT2D eigenvalue weighted by atomic mass is 10.0. The molecule has 0 radical (unpaired) electrons. The van der Waals surface area contributed by atoms with E-state index in [-0.39, 0.29) is 5.91 Å². The highest BCUT2D eigenvalue weighted by molar-refractivity contribution is 7.18. The van der Waals surface area contributed by atoms with E-state index in [2.05, 4.69) is 11.4 Å². The normalized spacial score (nSPS) is 12.1. The minimum atomic E-state index is -0.474. The Morgan fingerprint density at radius 2 is 1.84 bits per heavy atom. The minimum absolute atomic E-state index is 0.112. The van der Waals surface area contributed by atoms with Gasteiger partial charge in [-0.05, 0) is 49.4 Å². The van der Waals surface area contributed by atoms with Crippen LogP contribution in [0.15, 0.2) is 72.8 Å². The summed E-state index contributed by atoms with van der Waals surface area (Å²) in [6.07, 6.45) is 0. The van der Waals surface area contributed by atoms with Crippen LogP contribution < -0.4 is 10.1 Å². The van der Waals surface area contributed by atoms with E-state index in [0.717, 1.165) is 26.4 Å². The molecular formula is C25H25N3O2S. The van der Waals surface area contributed by atoms with Gasteiger partial charge in [-0.2, -0.15) is 0 Å². The van der Waals surface area contributed by atoms with Gasteiger partial charge in [-0.15, -0.1) is 11.3 Å². The summed E-state index contributed by atoms with van der Waals surface area (Å²) in [6.45, 7) is 2.56. The molecule has 1 amide bonds. The number of carbonyl (C=O) groups is 1. The van der Waals surface area contributed by atoms with Crippen molar-refractivity contribution in [2.24, 2.45) is 0 Å². The number of amides is 1. The van der Waals surface area contributed by atoms with E-state index in [0.29, 0.717) is 18.0 Å². The average molecular weight is 432 g/mol. The molecule has 4 rings (SSSR count). The van der Waals surface area contributed by atoms with Crippen LogP contribution >= 0.6 is 11.3 Å². The van der Waals surface area contributed by atoms with Gasteiger partial charge in [0, 0.05) is 0 Å². The minimum Gasteiger partial charge on any atom is -0.495 e. The number of likely N-dealkylation sites (N-methyl/N-ethyl adjacent to an activating group) is 1. The molecule has 1 aromatic heterocycles. The molecule has 1 heterocycles. The van der Waals surface area contributed by atoms with E-state index in [9.17, 15) is 4.79 Å². The molecule has 3 aromatic carbocycles. The van der Waals surface area contributed by atoms with E-state index in [4.69, 9.17) is 9.72 Å². The molecule has 4 aromatic rings. The molecule has 0 unspecified atom stereocenters. The third kappa shape index (κ3) is 4.76. The fourth-order valence-electron chi connectivity index (χ4n) is 3.65. The van der Waals surface area contributed by atoms with Gasteiger partial charge in [-0.3, -0.25) is 9.69 Å². The molecule has 0 bridgehead atoms. The van der Waals surface area contributed by atoms with Crippen molar-refractivity contribution in [3.8, 4) is 5.75 Å². The van der Waals surface area contributed by atoms with Gasteiger partial charge in [0.1, 0.15) is 16.8 Å². The maximum absolute atomic E-state index is 13.5. The third-order valence-corrected chi connectivity index (χ3v) is 6.16. The van der Waals surface area contributed by atoms with Crippen LogP contribution in [0.2, 0.25) is 0 Å². The lowest BCUT2D eigenvalue weighted by Gasteiger charge is -2.27. The Bertz CT molecular complexity index is 1160. The van der Waals surface area contributed by atoms with E-state index in [1.807, 2.05) is 85.6 Å². The highest BCUT2D eigenvalue weighted by atomic mass is 32.1. The first-order chi connectivity index (χ1) is 15.0. The Morgan fingerprint density at radius 1 is 1.10 bits per heavy atom. The third-order valence-electron chi connectivity index (χ3n) is 5.14. The van der Waals surface area contributed by atoms with Crippen LogP contribution in [0, 0.1) is 6.92 Å². The molecule has 0 saturated carbocycles. The van der Waals surface area contributed by atoms with Gasteiger partial charge in [0.25, 0.3) is 0 Å². The van der Waals surface area contributed by atoms with Crippen LogP contribution in [-0.2, 0) is 11.3 Å². The molecule has 5 nitrogen and oxygen atoms in total. The fraction of sp³-hybridized carbons (Fsp3) is 0.200. The smallest absolute Gasteiger partial charge is 0.246 e. The molecule has 158 valence electrons. The van der Waals surface area contributed by atoms with Crippen molar-refractivity contribution in [3.05, 3.63) is 88.9 Å². The number of ether oxygens (including phenoxy) is 1. The topological polar surface area (TPSA) is 54.5 Å². The summed E-state index contributed by atoms with van der Waals surface area (Å²) in [5.41, 5.74) is 3.63. The Hall–Kier alpha value is -3.22. The molecule has 6 heteroatoms. The molecule has 0 aliphatic rings. The fourth-order valence-corrected chi connectivity index (χ4v) is 4.69. The molecule has 1 N–H and O–H groups in total. The summed E-state index contributed by atoms with van der Waals surface area (Å²) in [5, 5.41) is 4.05. The number of aryl methyl sites for hydroxylation is 1. The summed E-state index contributed by atoms with van der Waals surface area (Å²) in [4.78, 5) is 20.2. The Kier molecular flexibility index (Phi) is 6.30. The summed E-state index contributed by atoms with van der Waals surface area (Å²) >= 11 is 1.66. The number of benzene rings is 3. The second-order valence-electron chi connectivity index (χ2n) is 7.50. The van der Waals surface area contributed by atoms with E-state index in [1.165, 1.54) is 0 Å². The van der Waals surface area contributed by atoms with Gasteiger partial charge in [0.15, 0.2) is 0 Å². The highest BCUT2D eigenvalue weighted by Crippen LogP contribution is 2.30. The number of para-hydroxylation sites is 1. The zero-order valence-electron chi connectivity index (χ0n) is 17.8. The van der Waals surface area contributed by atoms with Gasteiger partial charge >= 0.3 is 0 Å². The van der Waals surface area contributed by atoms with Crippen LogP contribution in [0.3, 0.4) is 0 Å². The quantitative estimate of drug-likeness (QED) is 0.424. The number of aromatic nitrogens is 1. The number of nitrogens with one attached hydrogen (secondary N) is 1. The van der Waals surface area contributed by atoms with Crippen molar-refractivity contribution < 1.29 is 9.53 Å². The summed E-state index contributed by atoms with van der Waals surface area (Å²) < 4.78 is 6.59. The van der Waals surface area contributed by atoms with Crippen molar-refractivity contribution in [1.29, 1.82) is 0 Å². The van der Waals surface area contributed by atoms with Gasteiger partial charge in [-0.1, -0.05) is 48.5 Å². The Morgan fingerprint density at radius 3 is 2.58 bits per heavy atom. The van der Waals surface area contributed by atoms with Gasteiger partial charge in [0.2, 0.25) is 5.91 Å². The Balaban J connectivity index is 1.62. The van der Waals surface area contributed by atoms with Crippen LogP contribution in [0.1, 0.15) is 22.2 Å². The van der Waals surface area contributed by atoms with E-state index >= 15 is 0 Å². The van der Waals surface area contributed by atoms with Crippen molar-refractivity contribution in [2.45, 2.75) is 19.5 Å². The maximum atomic E-state index is 13.5. The SMILES string of the molecule is COc1ccc(C)cc1NC(=O)[C@@H](c1ccccc1)N(C)Cc1nc2ccccc2s1.